The second-order valence-electron chi connectivity index (χ2n) is 5.05. The van der Waals surface area contributed by atoms with Crippen molar-refractivity contribution < 1.29 is 19.1 Å². The van der Waals surface area contributed by atoms with Crippen molar-refractivity contribution in [2.75, 3.05) is 6.54 Å². The van der Waals surface area contributed by atoms with Crippen LogP contribution in [0.15, 0.2) is 34.7 Å². The zero-order valence-electron chi connectivity index (χ0n) is 12.3. The zero-order chi connectivity index (χ0) is 16.3. The SMILES string of the molecule is Cc1cc(C)c(C(=O)N(CC(=O)O)Cc2ccc(Cl)cc2)o1. The van der Waals surface area contributed by atoms with Gasteiger partial charge in [0.1, 0.15) is 12.3 Å². The molecule has 0 aliphatic rings. The minimum absolute atomic E-state index is 0.168. The van der Waals surface area contributed by atoms with Gasteiger partial charge in [-0.2, -0.15) is 0 Å². The highest BCUT2D eigenvalue weighted by Gasteiger charge is 2.23. The fourth-order valence-electron chi connectivity index (χ4n) is 2.17. The molecule has 116 valence electrons. The number of carboxylic acids is 1. The Morgan fingerprint density at radius 2 is 1.86 bits per heavy atom. The Morgan fingerprint density at radius 1 is 1.23 bits per heavy atom. The molecule has 2 rings (SSSR count). The molecule has 22 heavy (non-hydrogen) atoms. The Morgan fingerprint density at radius 3 is 2.36 bits per heavy atom. The Balaban J connectivity index is 2.25. The average molecular weight is 322 g/mol. The molecular weight excluding hydrogens is 306 g/mol. The first-order chi connectivity index (χ1) is 10.4. The van der Waals surface area contributed by atoms with E-state index in [0.29, 0.717) is 16.3 Å². The molecule has 0 saturated carbocycles. The maximum Gasteiger partial charge on any atom is 0.323 e. The summed E-state index contributed by atoms with van der Waals surface area (Å²) in [4.78, 5) is 24.8. The number of hydrogen-bond donors (Lipinski definition) is 1. The van der Waals surface area contributed by atoms with Crippen LogP contribution >= 0.6 is 11.6 Å². The highest BCUT2D eigenvalue weighted by molar-refractivity contribution is 6.30. The third kappa shape index (κ3) is 3.89. The summed E-state index contributed by atoms with van der Waals surface area (Å²) in [6.07, 6.45) is 0. The number of amides is 1. The van der Waals surface area contributed by atoms with Crippen LogP contribution in [0.5, 0.6) is 0 Å². The first kappa shape index (κ1) is 16.1. The number of rotatable bonds is 5. The van der Waals surface area contributed by atoms with E-state index in [4.69, 9.17) is 21.1 Å². The quantitative estimate of drug-likeness (QED) is 0.917. The second-order valence-corrected chi connectivity index (χ2v) is 5.49. The van der Waals surface area contributed by atoms with Crippen LogP contribution in [0.25, 0.3) is 0 Å². The van der Waals surface area contributed by atoms with Gasteiger partial charge in [-0.25, -0.2) is 0 Å². The van der Waals surface area contributed by atoms with Crippen LogP contribution in [0.3, 0.4) is 0 Å². The Labute approximate surface area is 133 Å². The molecule has 1 aromatic heterocycles. The van der Waals surface area contributed by atoms with Crippen LogP contribution in [-0.2, 0) is 11.3 Å². The van der Waals surface area contributed by atoms with Crippen molar-refractivity contribution in [3.8, 4) is 0 Å². The van der Waals surface area contributed by atoms with Gasteiger partial charge in [-0.1, -0.05) is 23.7 Å². The molecule has 0 radical (unpaired) electrons. The minimum Gasteiger partial charge on any atom is -0.480 e. The Kier molecular flexibility index (Phi) is 4.88. The zero-order valence-corrected chi connectivity index (χ0v) is 13.1. The molecule has 1 aromatic carbocycles. The van der Waals surface area contributed by atoms with Crippen molar-refractivity contribution in [3.05, 3.63) is 58.0 Å². The first-order valence-electron chi connectivity index (χ1n) is 6.69. The van der Waals surface area contributed by atoms with Crippen LogP contribution in [0.1, 0.15) is 27.4 Å². The summed E-state index contributed by atoms with van der Waals surface area (Å²) in [6.45, 7) is 3.26. The number of carbonyl (C=O) groups excluding carboxylic acids is 1. The molecular formula is C16H16ClNO4. The number of carboxylic acid groups (broad SMARTS) is 1. The van der Waals surface area contributed by atoms with E-state index in [9.17, 15) is 9.59 Å². The summed E-state index contributed by atoms with van der Waals surface area (Å²) in [7, 11) is 0. The van der Waals surface area contributed by atoms with Gasteiger partial charge < -0.3 is 14.4 Å². The van der Waals surface area contributed by atoms with Crippen molar-refractivity contribution in [3.63, 3.8) is 0 Å². The molecule has 0 atom stereocenters. The highest BCUT2D eigenvalue weighted by Crippen LogP contribution is 2.18. The van der Waals surface area contributed by atoms with Crippen LogP contribution in [-0.4, -0.2) is 28.4 Å². The van der Waals surface area contributed by atoms with Crippen molar-refractivity contribution in [1.82, 2.24) is 4.90 Å². The maximum atomic E-state index is 12.5. The fourth-order valence-corrected chi connectivity index (χ4v) is 2.30. The second kappa shape index (κ2) is 6.66. The summed E-state index contributed by atoms with van der Waals surface area (Å²) < 4.78 is 5.39. The maximum absolute atomic E-state index is 12.5. The van der Waals surface area contributed by atoms with E-state index in [-0.39, 0.29) is 12.3 Å². The van der Waals surface area contributed by atoms with Crippen molar-refractivity contribution in [1.29, 1.82) is 0 Å². The van der Waals surface area contributed by atoms with Crippen LogP contribution in [0, 0.1) is 13.8 Å². The van der Waals surface area contributed by atoms with Gasteiger partial charge in [0.25, 0.3) is 5.91 Å². The summed E-state index contributed by atoms with van der Waals surface area (Å²) in [5, 5.41) is 9.61. The lowest BCUT2D eigenvalue weighted by Crippen LogP contribution is -2.35. The highest BCUT2D eigenvalue weighted by atomic mass is 35.5. The van der Waals surface area contributed by atoms with E-state index in [1.54, 1.807) is 44.2 Å². The number of halogens is 1. The monoisotopic (exact) mass is 321 g/mol. The smallest absolute Gasteiger partial charge is 0.323 e. The average Bonchev–Trinajstić information content (AvgIpc) is 2.78. The Bertz CT molecular complexity index is 691. The molecule has 5 nitrogen and oxygen atoms in total. The molecule has 0 fully saturated rings. The number of furan rings is 1. The van der Waals surface area contributed by atoms with Crippen molar-refractivity contribution in [2.45, 2.75) is 20.4 Å². The summed E-state index contributed by atoms with van der Waals surface area (Å²) >= 11 is 5.82. The molecule has 1 N–H and O–H groups in total. The standard InChI is InChI=1S/C16H16ClNO4/c1-10-7-11(2)22-15(10)16(21)18(9-14(19)20)8-12-3-5-13(17)6-4-12/h3-7H,8-9H2,1-2H3,(H,19,20). The normalized spacial score (nSPS) is 10.5. The van der Waals surface area contributed by atoms with Gasteiger partial charge in [-0.05, 0) is 37.6 Å². The third-order valence-electron chi connectivity index (χ3n) is 3.14. The molecule has 1 heterocycles. The van der Waals surface area contributed by atoms with Gasteiger partial charge in [0, 0.05) is 17.1 Å². The number of benzene rings is 1. The predicted molar refractivity (Wildman–Crippen MR) is 82.0 cm³/mol. The summed E-state index contributed by atoms with van der Waals surface area (Å²) in [5.74, 6) is -0.735. The minimum atomic E-state index is -1.08. The van der Waals surface area contributed by atoms with Gasteiger partial charge in [0.2, 0.25) is 0 Å². The molecule has 0 spiro atoms. The molecule has 2 aromatic rings. The third-order valence-corrected chi connectivity index (χ3v) is 3.39. The summed E-state index contributed by atoms with van der Waals surface area (Å²) in [5.41, 5.74) is 1.48. The number of aliphatic carboxylic acids is 1. The molecule has 0 saturated heterocycles. The van der Waals surface area contributed by atoms with Gasteiger partial charge in [0.15, 0.2) is 5.76 Å². The van der Waals surface area contributed by atoms with Gasteiger partial charge in [-0.15, -0.1) is 0 Å². The lowest BCUT2D eigenvalue weighted by Gasteiger charge is -2.20. The van der Waals surface area contributed by atoms with Crippen LogP contribution in [0.4, 0.5) is 0 Å². The lowest BCUT2D eigenvalue weighted by atomic mass is 10.2. The van der Waals surface area contributed by atoms with E-state index >= 15 is 0 Å². The van der Waals surface area contributed by atoms with Crippen molar-refractivity contribution >= 4 is 23.5 Å². The summed E-state index contributed by atoms with van der Waals surface area (Å²) in [6, 6.07) is 8.65. The number of nitrogens with zero attached hydrogens (tertiary/aromatic N) is 1. The molecule has 0 aliphatic carbocycles. The van der Waals surface area contributed by atoms with Gasteiger partial charge in [-0.3, -0.25) is 9.59 Å². The predicted octanol–water partition coefficient (Wildman–Crippen LogP) is 3.28. The fraction of sp³-hybridized carbons (Fsp3) is 0.250. The van der Waals surface area contributed by atoms with Crippen LogP contribution < -0.4 is 0 Å². The van der Waals surface area contributed by atoms with E-state index in [2.05, 4.69) is 0 Å². The number of carbonyl (C=O) groups is 2. The largest absolute Gasteiger partial charge is 0.480 e. The van der Waals surface area contributed by atoms with E-state index in [0.717, 1.165) is 5.56 Å². The van der Waals surface area contributed by atoms with Crippen molar-refractivity contribution in [2.24, 2.45) is 0 Å². The molecule has 0 aliphatic heterocycles. The molecule has 0 unspecified atom stereocenters. The van der Waals surface area contributed by atoms with E-state index in [1.807, 2.05) is 0 Å². The van der Waals surface area contributed by atoms with Gasteiger partial charge in [0.05, 0.1) is 0 Å². The van der Waals surface area contributed by atoms with Crippen LogP contribution in [0.2, 0.25) is 5.02 Å². The van der Waals surface area contributed by atoms with E-state index in [1.165, 1.54) is 4.90 Å². The van der Waals surface area contributed by atoms with E-state index < -0.39 is 18.4 Å². The number of aryl methyl sites for hydroxylation is 2. The Hall–Kier alpha value is -2.27. The topological polar surface area (TPSA) is 70.8 Å². The van der Waals surface area contributed by atoms with Gasteiger partial charge >= 0.3 is 5.97 Å². The first-order valence-corrected chi connectivity index (χ1v) is 7.07. The number of hydrogen-bond acceptors (Lipinski definition) is 3. The molecule has 6 heteroatoms. The molecule has 0 bridgehead atoms. The lowest BCUT2D eigenvalue weighted by molar-refractivity contribution is -0.137. The molecule has 1 amide bonds.